The van der Waals surface area contributed by atoms with Crippen molar-refractivity contribution in [3.8, 4) is 17.0 Å². The molecule has 0 aliphatic heterocycles. The Hall–Kier alpha value is -2.30. The first kappa shape index (κ1) is 13.1. The summed E-state index contributed by atoms with van der Waals surface area (Å²) in [6.07, 6.45) is 0.832. The zero-order valence-corrected chi connectivity index (χ0v) is 11.1. The van der Waals surface area contributed by atoms with Gasteiger partial charge in [-0.3, -0.25) is 4.79 Å². The number of rotatable bonds is 4. The number of hydrogen-bond acceptors (Lipinski definition) is 4. The van der Waals surface area contributed by atoms with E-state index in [4.69, 9.17) is 10.5 Å². The van der Waals surface area contributed by atoms with Gasteiger partial charge in [0.1, 0.15) is 11.4 Å². The Morgan fingerprint density at radius 2 is 2.00 bits per heavy atom. The Labute approximate surface area is 111 Å². The average Bonchev–Trinajstić information content (AvgIpc) is 2.44. The predicted molar refractivity (Wildman–Crippen MR) is 75.2 cm³/mol. The van der Waals surface area contributed by atoms with E-state index in [0.717, 1.165) is 17.7 Å². The fourth-order valence-corrected chi connectivity index (χ4v) is 1.83. The standard InChI is InChI=1S/C14H17N3O2/c1-3-8-17-14(18)12(15)9-13(16-17)10-4-6-11(19-2)7-5-10/h4-7,9H,3,8,15H2,1-2H3. The molecule has 100 valence electrons. The zero-order chi connectivity index (χ0) is 13.8. The lowest BCUT2D eigenvalue weighted by atomic mass is 10.1. The van der Waals surface area contributed by atoms with Gasteiger partial charge < -0.3 is 10.5 Å². The lowest BCUT2D eigenvalue weighted by Crippen LogP contribution is -2.25. The van der Waals surface area contributed by atoms with E-state index in [9.17, 15) is 4.79 Å². The molecule has 0 aliphatic rings. The van der Waals surface area contributed by atoms with Crippen molar-refractivity contribution >= 4 is 5.69 Å². The van der Waals surface area contributed by atoms with Crippen molar-refractivity contribution in [2.45, 2.75) is 19.9 Å². The Bertz CT molecular complexity index is 618. The van der Waals surface area contributed by atoms with E-state index in [1.54, 1.807) is 13.2 Å². The van der Waals surface area contributed by atoms with Crippen LogP contribution in [0.25, 0.3) is 11.3 Å². The molecule has 0 fully saturated rings. The smallest absolute Gasteiger partial charge is 0.289 e. The highest BCUT2D eigenvalue weighted by molar-refractivity contribution is 5.62. The number of methoxy groups -OCH3 is 1. The summed E-state index contributed by atoms with van der Waals surface area (Å²) in [7, 11) is 1.62. The minimum Gasteiger partial charge on any atom is -0.497 e. The first-order valence-electron chi connectivity index (χ1n) is 6.17. The Balaban J connectivity index is 2.46. The van der Waals surface area contributed by atoms with Gasteiger partial charge in [0.25, 0.3) is 5.56 Å². The van der Waals surface area contributed by atoms with Gasteiger partial charge in [0.15, 0.2) is 0 Å². The summed E-state index contributed by atoms with van der Waals surface area (Å²) in [4.78, 5) is 11.8. The Morgan fingerprint density at radius 1 is 1.32 bits per heavy atom. The maximum atomic E-state index is 11.8. The van der Waals surface area contributed by atoms with E-state index >= 15 is 0 Å². The lowest BCUT2D eigenvalue weighted by molar-refractivity contribution is 0.415. The summed E-state index contributed by atoms with van der Waals surface area (Å²) in [5.41, 5.74) is 7.32. The van der Waals surface area contributed by atoms with Crippen molar-refractivity contribution in [3.05, 3.63) is 40.7 Å². The van der Waals surface area contributed by atoms with Gasteiger partial charge in [-0.2, -0.15) is 5.10 Å². The molecular weight excluding hydrogens is 242 g/mol. The molecule has 0 aliphatic carbocycles. The first-order valence-corrected chi connectivity index (χ1v) is 6.17. The Kier molecular flexibility index (Phi) is 3.85. The number of anilines is 1. The quantitative estimate of drug-likeness (QED) is 0.910. The highest BCUT2D eigenvalue weighted by Crippen LogP contribution is 2.20. The van der Waals surface area contributed by atoms with Crippen LogP contribution < -0.4 is 16.0 Å². The highest BCUT2D eigenvalue weighted by atomic mass is 16.5. The lowest BCUT2D eigenvalue weighted by Gasteiger charge is -2.08. The number of ether oxygens (including phenoxy) is 1. The zero-order valence-electron chi connectivity index (χ0n) is 11.1. The number of aromatic nitrogens is 2. The second kappa shape index (κ2) is 5.56. The molecule has 0 bridgehead atoms. The Morgan fingerprint density at radius 3 is 2.58 bits per heavy atom. The fourth-order valence-electron chi connectivity index (χ4n) is 1.83. The molecule has 1 heterocycles. The van der Waals surface area contributed by atoms with Crippen LogP contribution in [0.1, 0.15) is 13.3 Å². The third kappa shape index (κ3) is 2.76. The third-order valence-corrected chi connectivity index (χ3v) is 2.82. The topological polar surface area (TPSA) is 70.1 Å². The van der Waals surface area contributed by atoms with E-state index in [1.807, 2.05) is 31.2 Å². The molecule has 0 spiro atoms. The van der Waals surface area contributed by atoms with E-state index in [2.05, 4.69) is 5.10 Å². The summed E-state index contributed by atoms with van der Waals surface area (Å²) < 4.78 is 6.52. The number of aryl methyl sites for hydroxylation is 1. The highest BCUT2D eigenvalue weighted by Gasteiger charge is 2.07. The van der Waals surface area contributed by atoms with Crippen LogP contribution in [-0.2, 0) is 6.54 Å². The van der Waals surface area contributed by atoms with Crippen LogP contribution in [0.5, 0.6) is 5.75 Å². The first-order chi connectivity index (χ1) is 9.15. The molecule has 0 amide bonds. The number of nitrogens with two attached hydrogens (primary N) is 1. The molecule has 0 unspecified atom stereocenters. The van der Waals surface area contributed by atoms with Gasteiger partial charge >= 0.3 is 0 Å². The largest absolute Gasteiger partial charge is 0.497 e. The van der Waals surface area contributed by atoms with Crippen molar-refractivity contribution in [1.29, 1.82) is 0 Å². The summed E-state index contributed by atoms with van der Waals surface area (Å²) in [6.45, 7) is 2.55. The second-order valence-electron chi connectivity index (χ2n) is 4.24. The number of benzene rings is 1. The normalized spacial score (nSPS) is 10.4. The van der Waals surface area contributed by atoms with Crippen LogP contribution in [0, 0.1) is 0 Å². The third-order valence-electron chi connectivity index (χ3n) is 2.82. The molecule has 5 heteroatoms. The van der Waals surface area contributed by atoms with E-state index in [1.165, 1.54) is 4.68 Å². The molecule has 2 N–H and O–H groups in total. The van der Waals surface area contributed by atoms with Gasteiger partial charge in [-0.15, -0.1) is 0 Å². The second-order valence-corrected chi connectivity index (χ2v) is 4.24. The van der Waals surface area contributed by atoms with Crippen molar-refractivity contribution in [2.75, 3.05) is 12.8 Å². The maximum absolute atomic E-state index is 11.8. The van der Waals surface area contributed by atoms with Crippen LogP contribution >= 0.6 is 0 Å². The molecule has 1 aromatic carbocycles. The molecule has 2 rings (SSSR count). The van der Waals surface area contributed by atoms with Gasteiger partial charge in [0.2, 0.25) is 0 Å². The predicted octanol–water partition coefficient (Wildman–Crippen LogP) is 1.91. The monoisotopic (exact) mass is 259 g/mol. The van der Waals surface area contributed by atoms with E-state index < -0.39 is 0 Å². The molecule has 0 saturated heterocycles. The van der Waals surface area contributed by atoms with Crippen molar-refractivity contribution in [3.63, 3.8) is 0 Å². The molecule has 5 nitrogen and oxygen atoms in total. The maximum Gasteiger partial charge on any atom is 0.289 e. The number of nitrogens with zero attached hydrogens (tertiary/aromatic N) is 2. The molecule has 0 saturated carbocycles. The van der Waals surface area contributed by atoms with Crippen LogP contribution in [-0.4, -0.2) is 16.9 Å². The molecule has 0 radical (unpaired) electrons. The number of hydrogen-bond donors (Lipinski definition) is 1. The van der Waals surface area contributed by atoms with E-state index in [0.29, 0.717) is 12.2 Å². The summed E-state index contributed by atoms with van der Waals surface area (Å²) in [5, 5.41) is 4.33. The fraction of sp³-hybridized carbons (Fsp3) is 0.286. The van der Waals surface area contributed by atoms with Crippen molar-refractivity contribution < 1.29 is 4.74 Å². The van der Waals surface area contributed by atoms with Gasteiger partial charge in [0, 0.05) is 12.1 Å². The van der Waals surface area contributed by atoms with Crippen LogP contribution in [0.2, 0.25) is 0 Å². The SMILES string of the molecule is CCCn1nc(-c2ccc(OC)cc2)cc(N)c1=O. The number of nitrogen functional groups attached to an aromatic ring is 1. The van der Waals surface area contributed by atoms with Crippen LogP contribution in [0.15, 0.2) is 35.1 Å². The van der Waals surface area contributed by atoms with E-state index in [-0.39, 0.29) is 11.2 Å². The minimum atomic E-state index is -0.237. The van der Waals surface area contributed by atoms with Gasteiger partial charge in [0.05, 0.1) is 12.8 Å². The molecular formula is C14H17N3O2. The van der Waals surface area contributed by atoms with Crippen LogP contribution in [0.4, 0.5) is 5.69 Å². The molecule has 1 aromatic heterocycles. The summed E-state index contributed by atoms with van der Waals surface area (Å²) >= 11 is 0. The minimum absolute atomic E-state index is 0.217. The molecule has 0 atom stereocenters. The van der Waals surface area contributed by atoms with Crippen molar-refractivity contribution in [1.82, 2.24) is 9.78 Å². The molecule has 2 aromatic rings. The van der Waals surface area contributed by atoms with Gasteiger partial charge in [-0.05, 0) is 36.8 Å². The summed E-state index contributed by atoms with van der Waals surface area (Å²) in [6, 6.07) is 9.09. The molecule has 19 heavy (non-hydrogen) atoms. The van der Waals surface area contributed by atoms with Crippen LogP contribution in [0.3, 0.4) is 0 Å². The summed E-state index contributed by atoms with van der Waals surface area (Å²) in [5.74, 6) is 0.776. The average molecular weight is 259 g/mol. The van der Waals surface area contributed by atoms with Crippen molar-refractivity contribution in [2.24, 2.45) is 0 Å². The van der Waals surface area contributed by atoms with Gasteiger partial charge in [-0.25, -0.2) is 4.68 Å². The van der Waals surface area contributed by atoms with Gasteiger partial charge in [-0.1, -0.05) is 6.92 Å².